The quantitative estimate of drug-likeness (QED) is 0.759. The van der Waals surface area contributed by atoms with Gasteiger partial charge in [-0.15, -0.1) is 0 Å². The van der Waals surface area contributed by atoms with Gasteiger partial charge in [-0.1, -0.05) is 30.3 Å². The second kappa shape index (κ2) is 5.92. The maximum Gasteiger partial charge on any atom is 0.322 e. The average Bonchev–Trinajstić information content (AvgIpc) is 2.87. The summed E-state index contributed by atoms with van der Waals surface area (Å²) in [5.74, 6) is -0.575. The van der Waals surface area contributed by atoms with Gasteiger partial charge in [0.25, 0.3) is 11.8 Å². The van der Waals surface area contributed by atoms with Crippen molar-refractivity contribution in [3.63, 3.8) is 0 Å². The third kappa shape index (κ3) is 3.06. The highest BCUT2D eigenvalue weighted by atomic mass is 16.2. The minimum atomic E-state index is -0.691. The molecule has 1 aliphatic heterocycles. The van der Waals surface area contributed by atoms with E-state index in [9.17, 15) is 14.4 Å². The average molecular weight is 309 g/mol. The number of rotatable bonds is 3. The first-order valence-electron chi connectivity index (χ1n) is 7.13. The second-order valence-corrected chi connectivity index (χ2v) is 5.29. The summed E-state index contributed by atoms with van der Waals surface area (Å²) in [5.41, 5.74) is 2.78. The van der Waals surface area contributed by atoms with Gasteiger partial charge in [-0.3, -0.25) is 14.9 Å². The zero-order chi connectivity index (χ0) is 16.4. The van der Waals surface area contributed by atoms with Gasteiger partial charge in [0, 0.05) is 11.3 Å². The number of anilines is 1. The van der Waals surface area contributed by atoms with Crippen molar-refractivity contribution in [2.45, 2.75) is 13.0 Å². The zero-order valence-corrected chi connectivity index (χ0v) is 12.4. The Morgan fingerprint density at radius 1 is 1.04 bits per heavy atom. The molecule has 0 saturated carbocycles. The standard InChI is InChI=1S/C17H15N3O3/c1-10-4-2-3-5-13(10)15(21)18-12-8-6-11(7-9-12)14-16(22)20-17(23)19-14/h2-9,14H,1H3,(H,18,21)(H2,19,20,22,23). The summed E-state index contributed by atoms with van der Waals surface area (Å²) < 4.78 is 0. The van der Waals surface area contributed by atoms with Crippen LogP contribution in [0.25, 0.3) is 0 Å². The van der Waals surface area contributed by atoms with Gasteiger partial charge in [0.05, 0.1) is 0 Å². The molecule has 1 saturated heterocycles. The van der Waals surface area contributed by atoms with E-state index in [1.807, 2.05) is 25.1 Å². The van der Waals surface area contributed by atoms with E-state index in [4.69, 9.17) is 0 Å². The summed E-state index contributed by atoms with van der Waals surface area (Å²) in [7, 11) is 0. The molecule has 1 unspecified atom stereocenters. The van der Waals surface area contributed by atoms with Crippen molar-refractivity contribution in [3.8, 4) is 0 Å². The van der Waals surface area contributed by atoms with Crippen LogP contribution in [0.2, 0.25) is 0 Å². The van der Waals surface area contributed by atoms with Gasteiger partial charge in [0.1, 0.15) is 6.04 Å². The lowest BCUT2D eigenvalue weighted by molar-refractivity contribution is -0.120. The van der Waals surface area contributed by atoms with E-state index < -0.39 is 12.1 Å². The SMILES string of the molecule is Cc1ccccc1C(=O)Nc1ccc(C2NC(=O)NC2=O)cc1. The summed E-state index contributed by atoms with van der Waals surface area (Å²) in [6, 6.07) is 12.9. The molecule has 0 aromatic heterocycles. The maximum absolute atomic E-state index is 12.2. The molecule has 0 radical (unpaired) electrons. The Morgan fingerprint density at radius 3 is 2.35 bits per heavy atom. The summed E-state index contributed by atoms with van der Waals surface area (Å²) in [5, 5.41) is 7.52. The molecule has 1 fully saturated rings. The van der Waals surface area contributed by atoms with Crippen LogP contribution >= 0.6 is 0 Å². The largest absolute Gasteiger partial charge is 0.322 e. The number of urea groups is 1. The molecule has 3 N–H and O–H groups in total. The molecule has 6 heteroatoms. The van der Waals surface area contributed by atoms with E-state index in [1.54, 1.807) is 30.3 Å². The van der Waals surface area contributed by atoms with Crippen LogP contribution in [0, 0.1) is 6.92 Å². The van der Waals surface area contributed by atoms with Gasteiger partial charge in [-0.05, 0) is 36.2 Å². The van der Waals surface area contributed by atoms with Crippen molar-refractivity contribution >= 4 is 23.5 Å². The lowest BCUT2D eigenvalue weighted by Crippen LogP contribution is -2.22. The van der Waals surface area contributed by atoms with E-state index in [1.165, 1.54) is 0 Å². The molecule has 116 valence electrons. The molecule has 6 nitrogen and oxygen atoms in total. The van der Waals surface area contributed by atoms with Crippen LogP contribution < -0.4 is 16.0 Å². The molecule has 0 bridgehead atoms. The topological polar surface area (TPSA) is 87.3 Å². The van der Waals surface area contributed by atoms with Crippen LogP contribution in [0.15, 0.2) is 48.5 Å². The lowest BCUT2D eigenvalue weighted by atomic mass is 10.1. The Morgan fingerprint density at radius 2 is 1.74 bits per heavy atom. The van der Waals surface area contributed by atoms with Crippen LogP contribution in [0.1, 0.15) is 27.5 Å². The van der Waals surface area contributed by atoms with Crippen molar-refractivity contribution in [1.29, 1.82) is 0 Å². The van der Waals surface area contributed by atoms with Gasteiger partial charge in [-0.2, -0.15) is 0 Å². The Hall–Kier alpha value is -3.15. The summed E-state index contributed by atoms with van der Waals surface area (Å²) in [6.45, 7) is 1.87. The van der Waals surface area contributed by atoms with Crippen molar-refractivity contribution in [2.75, 3.05) is 5.32 Å². The molecule has 0 aliphatic carbocycles. The highest BCUT2D eigenvalue weighted by Crippen LogP contribution is 2.20. The number of carbonyl (C=O) groups is 3. The molecular weight excluding hydrogens is 294 g/mol. The fourth-order valence-electron chi connectivity index (χ4n) is 2.44. The van der Waals surface area contributed by atoms with Crippen LogP contribution in [-0.4, -0.2) is 17.8 Å². The second-order valence-electron chi connectivity index (χ2n) is 5.29. The number of imide groups is 1. The van der Waals surface area contributed by atoms with Crippen LogP contribution in [0.4, 0.5) is 10.5 Å². The molecule has 1 heterocycles. The number of benzene rings is 2. The first-order chi connectivity index (χ1) is 11.0. The fraction of sp³-hybridized carbons (Fsp3) is 0.118. The third-order valence-corrected chi connectivity index (χ3v) is 3.67. The zero-order valence-electron chi connectivity index (χ0n) is 12.4. The van der Waals surface area contributed by atoms with Crippen molar-refractivity contribution in [3.05, 3.63) is 65.2 Å². The Labute approximate surface area is 132 Å². The fourth-order valence-corrected chi connectivity index (χ4v) is 2.44. The Bertz CT molecular complexity index is 784. The molecule has 1 aliphatic rings. The van der Waals surface area contributed by atoms with Gasteiger partial charge in [0.2, 0.25) is 0 Å². The summed E-state index contributed by atoms with van der Waals surface area (Å²) in [4.78, 5) is 35.0. The van der Waals surface area contributed by atoms with Crippen LogP contribution in [0.3, 0.4) is 0 Å². The van der Waals surface area contributed by atoms with Crippen molar-refractivity contribution < 1.29 is 14.4 Å². The summed E-state index contributed by atoms with van der Waals surface area (Å²) in [6.07, 6.45) is 0. The van der Waals surface area contributed by atoms with Gasteiger partial charge in [-0.25, -0.2) is 4.79 Å². The van der Waals surface area contributed by atoms with E-state index in [0.717, 1.165) is 5.56 Å². The highest BCUT2D eigenvalue weighted by Gasteiger charge is 2.30. The molecule has 4 amide bonds. The molecule has 0 spiro atoms. The number of carbonyl (C=O) groups excluding carboxylic acids is 3. The van der Waals surface area contributed by atoms with Crippen LogP contribution in [0.5, 0.6) is 0 Å². The van der Waals surface area contributed by atoms with E-state index in [0.29, 0.717) is 16.8 Å². The normalized spacial score (nSPS) is 16.7. The van der Waals surface area contributed by atoms with Gasteiger partial charge < -0.3 is 10.6 Å². The van der Waals surface area contributed by atoms with Crippen molar-refractivity contribution in [2.24, 2.45) is 0 Å². The first-order valence-corrected chi connectivity index (χ1v) is 7.13. The number of amides is 4. The predicted molar refractivity (Wildman–Crippen MR) is 85.0 cm³/mol. The maximum atomic E-state index is 12.2. The Kier molecular flexibility index (Phi) is 3.80. The van der Waals surface area contributed by atoms with Crippen LogP contribution in [-0.2, 0) is 4.79 Å². The molecular formula is C17H15N3O3. The third-order valence-electron chi connectivity index (χ3n) is 3.67. The van der Waals surface area contributed by atoms with Gasteiger partial charge in [0.15, 0.2) is 0 Å². The number of hydrogen-bond donors (Lipinski definition) is 3. The molecule has 3 rings (SSSR count). The van der Waals surface area contributed by atoms with E-state index in [2.05, 4.69) is 16.0 Å². The van der Waals surface area contributed by atoms with E-state index in [-0.39, 0.29) is 11.8 Å². The summed E-state index contributed by atoms with van der Waals surface area (Å²) >= 11 is 0. The molecule has 2 aromatic rings. The molecule has 2 aromatic carbocycles. The van der Waals surface area contributed by atoms with Gasteiger partial charge >= 0.3 is 6.03 Å². The number of nitrogens with one attached hydrogen (secondary N) is 3. The van der Waals surface area contributed by atoms with Crippen molar-refractivity contribution in [1.82, 2.24) is 10.6 Å². The minimum absolute atomic E-state index is 0.192. The minimum Gasteiger partial charge on any atom is -0.322 e. The predicted octanol–water partition coefficient (Wildman–Crippen LogP) is 2.13. The van der Waals surface area contributed by atoms with E-state index >= 15 is 0 Å². The molecule has 1 atom stereocenters. The first kappa shape index (κ1) is 14.8. The molecule has 23 heavy (non-hydrogen) atoms. The Balaban J connectivity index is 1.73. The number of hydrogen-bond acceptors (Lipinski definition) is 3. The number of aryl methyl sites for hydroxylation is 1. The highest BCUT2D eigenvalue weighted by molar-refractivity contribution is 6.06. The lowest BCUT2D eigenvalue weighted by Gasteiger charge is -2.10. The smallest absolute Gasteiger partial charge is 0.322 e. The monoisotopic (exact) mass is 309 g/mol.